The predicted molar refractivity (Wildman–Crippen MR) is 75.8 cm³/mol. The summed E-state index contributed by atoms with van der Waals surface area (Å²) in [5, 5.41) is 17.2. The fourth-order valence-corrected chi connectivity index (χ4v) is 2.62. The van der Waals surface area contributed by atoms with E-state index in [1.807, 2.05) is 30.5 Å². The Kier molecular flexibility index (Phi) is 2.34. The van der Waals surface area contributed by atoms with E-state index in [9.17, 15) is 9.90 Å². The van der Waals surface area contributed by atoms with Gasteiger partial charge >= 0.3 is 5.97 Å². The number of aromatic amines is 1. The number of nitrogens with one attached hydrogen (secondary N) is 2. The summed E-state index contributed by atoms with van der Waals surface area (Å²) >= 11 is 0. The molecule has 3 aromatic rings. The minimum absolute atomic E-state index is 0.103. The topological polar surface area (TPSA) is 95.8 Å². The van der Waals surface area contributed by atoms with Gasteiger partial charge in [0.2, 0.25) is 5.95 Å². The van der Waals surface area contributed by atoms with E-state index in [4.69, 9.17) is 0 Å². The maximum Gasteiger partial charge on any atom is 0.352 e. The molecule has 7 heteroatoms. The first-order valence-electron chi connectivity index (χ1n) is 6.41. The van der Waals surface area contributed by atoms with Crippen molar-refractivity contribution in [3.63, 3.8) is 0 Å². The van der Waals surface area contributed by atoms with Crippen LogP contribution in [0, 0.1) is 0 Å². The molecule has 0 spiro atoms. The molecule has 1 atom stereocenters. The van der Waals surface area contributed by atoms with E-state index in [0.717, 1.165) is 16.5 Å². The largest absolute Gasteiger partial charge is 0.477 e. The number of H-pyrrole nitrogens is 1. The number of allylic oxidation sites excluding steroid dienone is 1. The van der Waals surface area contributed by atoms with Gasteiger partial charge in [-0.1, -0.05) is 18.2 Å². The Hall–Kier alpha value is -3.09. The molecule has 0 saturated carbocycles. The molecule has 0 fully saturated rings. The number of hydrogen-bond acceptors (Lipinski definition) is 4. The second kappa shape index (κ2) is 4.20. The first-order valence-corrected chi connectivity index (χ1v) is 6.41. The number of carbonyl (C=O) groups is 1. The van der Waals surface area contributed by atoms with Crippen LogP contribution in [0.1, 0.15) is 11.6 Å². The number of fused-ring (bicyclic) bond motifs is 2. The Labute approximate surface area is 118 Å². The van der Waals surface area contributed by atoms with Crippen molar-refractivity contribution in [1.82, 2.24) is 19.7 Å². The predicted octanol–water partition coefficient (Wildman–Crippen LogP) is 1.74. The van der Waals surface area contributed by atoms with E-state index < -0.39 is 5.97 Å². The van der Waals surface area contributed by atoms with E-state index in [0.29, 0.717) is 5.95 Å². The molecule has 0 saturated heterocycles. The first-order chi connectivity index (χ1) is 10.2. The van der Waals surface area contributed by atoms with Gasteiger partial charge in [-0.25, -0.2) is 9.48 Å². The molecular weight excluding hydrogens is 270 g/mol. The molecule has 1 aliphatic rings. The Morgan fingerprint density at radius 3 is 3.05 bits per heavy atom. The highest BCUT2D eigenvalue weighted by molar-refractivity contribution is 5.91. The highest BCUT2D eigenvalue weighted by atomic mass is 16.4. The van der Waals surface area contributed by atoms with Crippen molar-refractivity contribution in [3.8, 4) is 0 Å². The smallest absolute Gasteiger partial charge is 0.352 e. The SMILES string of the molecule is O=C(O)C1=C[C@@H](c2c[nH]c3ccccc23)n2ncnc2N1. The Balaban J connectivity index is 1.93. The lowest BCUT2D eigenvalue weighted by molar-refractivity contribution is -0.132. The molecule has 0 aliphatic carbocycles. The summed E-state index contributed by atoms with van der Waals surface area (Å²) in [5.41, 5.74) is 2.06. The summed E-state index contributed by atoms with van der Waals surface area (Å²) < 4.78 is 1.67. The second-order valence-electron chi connectivity index (χ2n) is 4.77. The third-order valence-corrected chi connectivity index (χ3v) is 3.58. The van der Waals surface area contributed by atoms with Crippen molar-refractivity contribution in [1.29, 1.82) is 0 Å². The zero-order valence-electron chi connectivity index (χ0n) is 10.8. The Bertz CT molecular complexity index is 876. The molecule has 3 N–H and O–H groups in total. The zero-order valence-corrected chi connectivity index (χ0v) is 10.8. The van der Waals surface area contributed by atoms with Crippen LogP contribution in [-0.4, -0.2) is 30.8 Å². The Morgan fingerprint density at radius 2 is 2.19 bits per heavy atom. The Morgan fingerprint density at radius 1 is 1.33 bits per heavy atom. The molecule has 7 nitrogen and oxygen atoms in total. The molecule has 21 heavy (non-hydrogen) atoms. The summed E-state index contributed by atoms with van der Waals surface area (Å²) in [6, 6.07) is 7.55. The summed E-state index contributed by atoms with van der Waals surface area (Å²) in [4.78, 5) is 18.5. The van der Waals surface area contributed by atoms with Crippen LogP contribution >= 0.6 is 0 Å². The van der Waals surface area contributed by atoms with Crippen LogP contribution in [0.5, 0.6) is 0 Å². The average Bonchev–Trinajstić information content (AvgIpc) is 3.12. The number of nitrogens with zero attached hydrogens (tertiary/aromatic N) is 3. The van der Waals surface area contributed by atoms with Crippen LogP contribution in [0.3, 0.4) is 0 Å². The molecule has 104 valence electrons. The monoisotopic (exact) mass is 281 g/mol. The van der Waals surface area contributed by atoms with E-state index in [-0.39, 0.29) is 11.7 Å². The lowest BCUT2D eigenvalue weighted by atomic mass is 10.0. The summed E-state index contributed by atoms with van der Waals surface area (Å²) in [6.07, 6.45) is 4.92. The van der Waals surface area contributed by atoms with Crippen LogP contribution in [0.4, 0.5) is 5.95 Å². The number of aliphatic carboxylic acids is 1. The van der Waals surface area contributed by atoms with Gasteiger partial charge < -0.3 is 15.4 Å². The van der Waals surface area contributed by atoms with Gasteiger partial charge in [0.25, 0.3) is 0 Å². The van der Waals surface area contributed by atoms with E-state index in [2.05, 4.69) is 20.4 Å². The molecule has 4 rings (SSSR count). The molecule has 3 heterocycles. The molecule has 1 aliphatic heterocycles. The number of benzene rings is 1. The van der Waals surface area contributed by atoms with Crippen LogP contribution in [-0.2, 0) is 4.79 Å². The highest BCUT2D eigenvalue weighted by Gasteiger charge is 2.27. The lowest BCUT2D eigenvalue weighted by Gasteiger charge is -2.21. The molecule has 0 amide bonds. The van der Waals surface area contributed by atoms with Gasteiger partial charge in [0.15, 0.2) is 0 Å². The number of aromatic nitrogens is 4. The second-order valence-corrected chi connectivity index (χ2v) is 4.77. The molecule has 0 bridgehead atoms. The maximum absolute atomic E-state index is 11.3. The van der Waals surface area contributed by atoms with Crippen LogP contribution in [0.25, 0.3) is 10.9 Å². The molecule has 1 aromatic carbocycles. The number of carboxylic acids is 1. The van der Waals surface area contributed by atoms with E-state index in [1.165, 1.54) is 6.33 Å². The summed E-state index contributed by atoms with van der Waals surface area (Å²) in [5.74, 6) is -0.598. The minimum Gasteiger partial charge on any atom is -0.477 e. The number of anilines is 1. The standard InChI is InChI=1S/C14H11N5O2/c20-13(21)11-5-12(19-14(18-11)16-7-17-19)9-6-15-10-4-2-1-3-8(9)10/h1-7,12,15H,(H,20,21)(H,16,17,18)/t12-/m0/s1. The van der Waals surface area contributed by atoms with Gasteiger partial charge in [0.05, 0.1) is 0 Å². The summed E-state index contributed by atoms with van der Waals surface area (Å²) in [7, 11) is 0. The average molecular weight is 281 g/mol. The fraction of sp³-hybridized carbons (Fsp3) is 0.0714. The molecule has 0 radical (unpaired) electrons. The number of hydrogen-bond donors (Lipinski definition) is 3. The van der Waals surface area contributed by atoms with Crippen molar-refractivity contribution in [2.24, 2.45) is 0 Å². The van der Waals surface area contributed by atoms with Crippen molar-refractivity contribution < 1.29 is 9.90 Å². The van der Waals surface area contributed by atoms with Gasteiger partial charge in [0.1, 0.15) is 18.1 Å². The maximum atomic E-state index is 11.3. The number of para-hydroxylation sites is 1. The van der Waals surface area contributed by atoms with Gasteiger partial charge in [0, 0.05) is 22.7 Å². The molecular formula is C14H11N5O2. The van der Waals surface area contributed by atoms with Gasteiger partial charge in [-0.15, -0.1) is 0 Å². The van der Waals surface area contributed by atoms with Crippen molar-refractivity contribution >= 4 is 22.8 Å². The van der Waals surface area contributed by atoms with Crippen LogP contribution in [0.2, 0.25) is 0 Å². The van der Waals surface area contributed by atoms with Crippen LogP contribution in [0.15, 0.2) is 48.6 Å². The van der Waals surface area contributed by atoms with Crippen molar-refractivity contribution in [3.05, 3.63) is 54.1 Å². The third-order valence-electron chi connectivity index (χ3n) is 3.58. The van der Waals surface area contributed by atoms with Crippen molar-refractivity contribution in [2.75, 3.05) is 5.32 Å². The van der Waals surface area contributed by atoms with Crippen LogP contribution < -0.4 is 5.32 Å². The molecule has 0 unspecified atom stereocenters. The fourth-order valence-electron chi connectivity index (χ4n) is 2.62. The molecule has 2 aromatic heterocycles. The van der Waals surface area contributed by atoms with Gasteiger partial charge in [-0.2, -0.15) is 10.1 Å². The van der Waals surface area contributed by atoms with Crippen molar-refractivity contribution in [2.45, 2.75) is 6.04 Å². The van der Waals surface area contributed by atoms with E-state index >= 15 is 0 Å². The highest BCUT2D eigenvalue weighted by Crippen LogP contribution is 2.32. The number of rotatable bonds is 2. The zero-order chi connectivity index (χ0) is 14.4. The van der Waals surface area contributed by atoms with Gasteiger partial charge in [-0.05, 0) is 12.1 Å². The first kappa shape index (κ1) is 11.7. The quantitative estimate of drug-likeness (QED) is 0.665. The summed E-state index contributed by atoms with van der Waals surface area (Å²) in [6.45, 7) is 0. The number of carboxylic acid groups (broad SMARTS) is 1. The third kappa shape index (κ3) is 1.71. The normalized spacial score (nSPS) is 17.1. The van der Waals surface area contributed by atoms with E-state index in [1.54, 1.807) is 10.8 Å². The minimum atomic E-state index is -1.02. The lowest BCUT2D eigenvalue weighted by Crippen LogP contribution is -2.24. The van der Waals surface area contributed by atoms with Gasteiger partial charge in [-0.3, -0.25) is 0 Å².